The van der Waals surface area contributed by atoms with Crippen LogP contribution in [-0.2, 0) is 6.54 Å². The molecule has 1 aliphatic rings. The normalized spacial score (nSPS) is 15.9. The minimum Gasteiger partial charge on any atom is -0.310 e. The van der Waals surface area contributed by atoms with Crippen molar-refractivity contribution in [3.63, 3.8) is 0 Å². The standard InChI is InChI=1S/C20H25N/c1-3-15(2)17-8-10-19(11-9-17)18-6-4-16(5-7-18)14-21-20-12-13-20/h4-11,15,20-21H,3,12-14H2,1-2H3. The van der Waals surface area contributed by atoms with Gasteiger partial charge in [-0.25, -0.2) is 0 Å². The number of benzene rings is 2. The third-order valence-electron chi connectivity index (χ3n) is 4.55. The molecule has 1 saturated carbocycles. The molecular formula is C20H25N. The van der Waals surface area contributed by atoms with Gasteiger partial charge in [0.2, 0.25) is 0 Å². The number of hydrogen-bond donors (Lipinski definition) is 1. The minimum atomic E-state index is 0.648. The zero-order valence-electron chi connectivity index (χ0n) is 13.1. The highest BCUT2D eigenvalue weighted by atomic mass is 14.9. The molecule has 0 spiro atoms. The molecule has 110 valence electrons. The Balaban J connectivity index is 1.67. The smallest absolute Gasteiger partial charge is 0.0208 e. The molecule has 0 aromatic heterocycles. The van der Waals surface area contributed by atoms with Crippen molar-refractivity contribution in [3.05, 3.63) is 59.7 Å². The van der Waals surface area contributed by atoms with Gasteiger partial charge in [-0.15, -0.1) is 0 Å². The fourth-order valence-electron chi connectivity index (χ4n) is 2.60. The third kappa shape index (κ3) is 3.74. The highest BCUT2D eigenvalue weighted by molar-refractivity contribution is 5.64. The van der Waals surface area contributed by atoms with Crippen molar-refractivity contribution in [2.24, 2.45) is 0 Å². The Hall–Kier alpha value is -1.60. The maximum atomic E-state index is 3.56. The van der Waals surface area contributed by atoms with Crippen molar-refractivity contribution in [3.8, 4) is 11.1 Å². The van der Waals surface area contributed by atoms with Crippen LogP contribution in [0.15, 0.2) is 48.5 Å². The first-order valence-electron chi connectivity index (χ1n) is 8.19. The molecule has 3 rings (SSSR count). The van der Waals surface area contributed by atoms with Crippen LogP contribution in [-0.4, -0.2) is 6.04 Å². The van der Waals surface area contributed by atoms with Crippen molar-refractivity contribution in [2.75, 3.05) is 0 Å². The Morgan fingerprint density at radius 1 is 0.952 bits per heavy atom. The maximum absolute atomic E-state index is 3.56. The lowest BCUT2D eigenvalue weighted by Crippen LogP contribution is -2.14. The third-order valence-corrected chi connectivity index (χ3v) is 4.55. The van der Waals surface area contributed by atoms with E-state index >= 15 is 0 Å². The molecule has 1 atom stereocenters. The van der Waals surface area contributed by atoms with Gasteiger partial charge in [0, 0.05) is 12.6 Å². The van der Waals surface area contributed by atoms with Crippen LogP contribution in [0.5, 0.6) is 0 Å². The van der Waals surface area contributed by atoms with Gasteiger partial charge in [-0.3, -0.25) is 0 Å². The molecule has 21 heavy (non-hydrogen) atoms. The van der Waals surface area contributed by atoms with E-state index in [2.05, 4.69) is 67.7 Å². The van der Waals surface area contributed by atoms with Crippen LogP contribution in [0.2, 0.25) is 0 Å². The van der Waals surface area contributed by atoms with Crippen molar-refractivity contribution >= 4 is 0 Å². The van der Waals surface area contributed by atoms with E-state index in [0.717, 1.165) is 12.6 Å². The fourth-order valence-corrected chi connectivity index (χ4v) is 2.60. The van der Waals surface area contributed by atoms with E-state index in [1.54, 1.807) is 0 Å². The molecule has 2 aromatic rings. The molecule has 0 heterocycles. The summed E-state index contributed by atoms with van der Waals surface area (Å²) in [4.78, 5) is 0. The Bertz CT molecular complexity index is 564. The van der Waals surface area contributed by atoms with Gasteiger partial charge in [-0.1, -0.05) is 62.4 Å². The first-order chi connectivity index (χ1) is 10.3. The quantitative estimate of drug-likeness (QED) is 0.774. The van der Waals surface area contributed by atoms with E-state index in [1.807, 2.05) is 0 Å². The molecule has 1 unspecified atom stereocenters. The fraction of sp³-hybridized carbons (Fsp3) is 0.400. The summed E-state index contributed by atoms with van der Waals surface area (Å²) in [6.07, 6.45) is 3.89. The van der Waals surface area contributed by atoms with Crippen molar-refractivity contribution in [1.29, 1.82) is 0 Å². The van der Waals surface area contributed by atoms with Gasteiger partial charge < -0.3 is 5.32 Å². The average molecular weight is 279 g/mol. The molecule has 1 N–H and O–H groups in total. The van der Waals surface area contributed by atoms with Gasteiger partial charge in [-0.2, -0.15) is 0 Å². The van der Waals surface area contributed by atoms with Gasteiger partial charge in [0.25, 0.3) is 0 Å². The van der Waals surface area contributed by atoms with Gasteiger partial charge in [0.05, 0.1) is 0 Å². The molecule has 0 aliphatic heterocycles. The summed E-state index contributed by atoms with van der Waals surface area (Å²) in [6, 6.07) is 18.8. The summed E-state index contributed by atoms with van der Waals surface area (Å²) in [5.74, 6) is 0.648. The Morgan fingerprint density at radius 2 is 1.52 bits per heavy atom. The topological polar surface area (TPSA) is 12.0 Å². The number of hydrogen-bond acceptors (Lipinski definition) is 1. The SMILES string of the molecule is CCC(C)c1ccc(-c2ccc(CNC3CC3)cc2)cc1. The first kappa shape index (κ1) is 14.3. The van der Waals surface area contributed by atoms with Crippen molar-refractivity contribution in [1.82, 2.24) is 5.32 Å². The first-order valence-corrected chi connectivity index (χ1v) is 8.19. The second-order valence-corrected chi connectivity index (χ2v) is 6.28. The summed E-state index contributed by atoms with van der Waals surface area (Å²) in [5.41, 5.74) is 5.43. The van der Waals surface area contributed by atoms with Gasteiger partial charge in [0.1, 0.15) is 0 Å². The lowest BCUT2D eigenvalue weighted by atomic mass is 9.95. The Morgan fingerprint density at radius 3 is 2.05 bits per heavy atom. The van der Waals surface area contributed by atoms with Crippen LogP contribution in [0.25, 0.3) is 11.1 Å². The molecule has 2 aromatic carbocycles. The van der Waals surface area contributed by atoms with E-state index in [0.29, 0.717) is 5.92 Å². The van der Waals surface area contributed by atoms with Crippen molar-refractivity contribution in [2.45, 2.75) is 51.6 Å². The average Bonchev–Trinajstić information content (AvgIpc) is 3.37. The summed E-state index contributed by atoms with van der Waals surface area (Å²) >= 11 is 0. The largest absolute Gasteiger partial charge is 0.310 e. The van der Waals surface area contributed by atoms with Crippen LogP contribution >= 0.6 is 0 Å². The lowest BCUT2D eigenvalue weighted by Gasteiger charge is -2.10. The number of nitrogens with one attached hydrogen (secondary N) is 1. The maximum Gasteiger partial charge on any atom is 0.0208 e. The second-order valence-electron chi connectivity index (χ2n) is 6.28. The van der Waals surface area contributed by atoms with E-state index in [1.165, 1.54) is 41.5 Å². The van der Waals surface area contributed by atoms with Gasteiger partial charge >= 0.3 is 0 Å². The second kappa shape index (κ2) is 6.44. The monoisotopic (exact) mass is 279 g/mol. The summed E-state index contributed by atoms with van der Waals surface area (Å²) in [6.45, 7) is 5.53. The summed E-state index contributed by atoms with van der Waals surface area (Å²) < 4.78 is 0. The van der Waals surface area contributed by atoms with E-state index < -0.39 is 0 Å². The van der Waals surface area contributed by atoms with E-state index in [4.69, 9.17) is 0 Å². The Kier molecular flexibility index (Phi) is 4.40. The number of rotatable bonds is 6. The highest BCUT2D eigenvalue weighted by Crippen LogP contribution is 2.25. The van der Waals surface area contributed by atoms with Crippen LogP contribution in [0.3, 0.4) is 0 Å². The molecule has 1 heteroatoms. The lowest BCUT2D eigenvalue weighted by molar-refractivity contribution is 0.688. The molecule has 0 saturated heterocycles. The highest BCUT2D eigenvalue weighted by Gasteiger charge is 2.19. The predicted octanol–water partition coefficient (Wildman–Crippen LogP) is 5.12. The van der Waals surface area contributed by atoms with Gasteiger partial charge in [-0.05, 0) is 47.4 Å². The zero-order valence-corrected chi connectivity index (χ0v) is 13.1. The predicted molar refractivity (Wildman–Crippen MR) is 90.4 cm³/mol. The molecule has 1 nitrogen and oxygen atoms in total. The Labute approximate surface area is 128 Å². The molecule has 0 bridgehead atoms. The molecular weight excluding hydrogens is 254 g/mol. The van der Waals surface area contributed by atoms with Gasteiger partial charge in [0.15, 0.2) is 0 Å². The minimum absolute atomic E-state index is 0.648. The van der Waals surface area contributed by atoms with Crippen LogP contribution in [0.1, 0.15) is 50.2 Å². The molecule has 1 aliphatic carbocycles. The van der Waals surface area contributed by atoms with Crippen LogP contribution in [0.4, 0.5) is 0 Å². The van der Waals surface area contributed by atoms with E-state index in [9.17, 15) is 0 Å². The van der Waals surface area contributed by atoms with Crippen LogP contribution < -0.4 is 5.32 Å². The molecule has 0 amide bonds. The summed E-state index contributed by atoms with van der Waals surface area (Å²) in [7, 11) is 0. The van der Waals surface area contributed by atoms with Crippen molar-refractivity contribution < 1.29 is 0 Å². The zero-order chi connectivity index (χ0) is 14.7. The van der Waals surface area contributed by atoms with Crippen LogP contribution in [0, 0.1) is 0 Å². The summed E-state index contributed by atoms with van der Waals surface area (Å²) in [5, 5.41) is 3.56. The molecule has 0 radical (unpaired) electrons. The van der Waals surface area contributed by atoms with E-state index in [-0.39, 0.29) is 0 Å². The molecule has 1 fully saturated rings.